The van der Waals surface area contributed by atoms with Gasteiger partial charge in [-0.05, 0) is 5.92 Å². The zero-order valence-corrected chi connectivity index (χ0v) is 10.6. The van der Waals surface area contributed by atoms with Gasteiger partial charge < -0.3 is 20.7 Å². The maximum atomic E-state index is 11.2. The van der Waals surface area contributed by atoms with E-state index in [9.17, 15) is 4.79 Å². The van der Waals surface area contributed by atoms with Crippen LogP contribution in [0.1, 0.15) is 19.8 Å². The molecule has 4 heteroatoms. The Balaban J connectivity index is 0.000000845. The summed E-state index contributed by atoms with van der Waals surface area (Å²) < 4.78 is 11.0. The van der Waals surface area contributed by atoms with Crippen molar-refractivity contribution in [3.8, 4) is 0 Å². The molecule has 68 valence electrons. The molecule has 2 fully saturated rings. The Morgan fingerprint density at radius 3 is 2.62 bits per heavy atom. The van der Waals surface area contributed by atoms with Crippen molar-refractivity contribution in [1.29, 1.82) is 0 Å². The topological polar surface area (TPSA) is 35.5 Å². The SMILES string of the molecule is CC1CC2(C[CH-]C1=O)OCCO2.[Y+3]. The van der Waals surface area contributed by atoms with E-state index in [1.54, 1.807) is 6.42 Å². The van der Waals surface area contributed by atoms with Crippen LogP contribution in [0.5, 0.6) is 0 Å². The third-order valence-corrected chi connectivity index (χ3v) is 2.53. The fraction of sp³-hybridized carbons (Fsp3) is 0.778. The molecule has 1 aliphatic carbocycles. The largest absolute Gasteiger partial charge is 3.00 e. The van der Waals surface area contributed by atoms with Crippen LogP contribution in [-0.4, -0.2) is 24.8 Å². The van der Waals surface area contributed by atoms with Crippen LogP contribution in [0.25, 0.3) is 0 Å². The summed E-state index contributed by atoms with van der Waals surface area (Å²) in [6.45, 7) is 3.24. The molecule has 1 unspecified atom stereocenters. The Bertz CT molecular complexity index is 199. The summed E-state index contributed by atoms with van der Waals surface area (Å²) in [6.07, 6.45) is 3.03. The molecule has 0 N–H and O–H groups in total. The van der Waals surface area contributed by atoms with Crippen molar-refractivity contribution >= 4 is 5.78 Å². The number of carbonyl (C=O) groups excluding carboxylic acids is 1. The number of Topliss-reactive ketones (excluding diaryl/α,β-unsaturated/α-hetero) is 1. The molecule has 0 aromatic rings. The molecule has 2 aliphatic rings. The van der Waals surface area contributed by atoms with Crippen molar-refractivity contribution in [2.24, 2.45) is 5.92 Å². The standard InChI is InChI=1S/C9H13O3.Y/c1-7-6-9(3-2-8(7)10)11-4-5-12-9;/h2,7H,3-6H2,1H3;/q-1;+3. The molecule has 0 aromatic carbocycles. The number of carbonyl (C=O) groups is 1. The van der Waals surface area contributed by atoms with Crippen LogP contribution in [0.2, 0.25) is 0 Å². The zero-order valence-electron chi connectivity index (χ0n) is 7.79. The maximum absolute atomic E-state index is 11.2. The molecule has 1 aliphatic heterocycles. The predicted octanol–water partition coefficient (Wildman–Crippen LogP) is 0.930. The summed E-state index contributed by atoms with van der Waals surface area (Å²) in [5.41, 5.74) is 0. The predicted molar refractivity (Wildman–Crippen MR) is 42.3 cm³/mol. The minimum absolute atomic E-state index is 0. The Morgan fingerprint density at radius 1 is 1.46 bits per heavy atom. The second kappa shape index (κ2) is 4.39. The number of rotatable bonds is 0. The van der Waals surface area contributed by atoms with E-state index in [1.807, 2.05) is 6.92 Å². The smallest absolute Gasteiger partial charge is 0.350 e. The maximum Gasteiger partial charge on any atom is 3.00 e. The molecule has 1 heterocycles. The quantitative estimate of drug-likeness (QED) is 0.606. The van der Waals surface area contributed by atoms with Crippen LogP contribution in [0.15, 0.2) is 0 Å². The van der Waals surface area contributed by atoms with Gasteiger partial charge in [-0.15, -0.1) is 6.42 Å². The van der Waals surface area contributed by atoms with Crippen molar-refractivity contribution in [2.45, 2.75) is 25.6 Å². The molecular weight excluding hydrogens is 245 g/mol. The molecule has 2 rings (SSSR count). The molecule has 1 spiro atoms. The molecule has 1 saturated carbocycles. The van der Waals surface area contributed by atoms with E-state index in [-0.39, 0.29) is 44.4 Å². The molecule has 0 bridgehead atoms. The van der Waals surface area contributed by atoms with Crippen molar-refractivity contribution in [2.75, 3.05) is 13.2 Å². The molecule has 13 heavy (non-hydrogen) atoms. The average molecular weight is 258 g/mol. The van der Waals surface area contributed by atoms with Crippen molar-refractivity contribution in [3.63, 3.8) is 0 Å². The fourth-order valence-corrected chi connectivity index (χ4v) is 1.84. The van der Waals surface area contributed by atoms with Crippen molar-refractivity contribution in [3.05, 3.63) is 6.42 Å². The van der Waals surface area contributed by atoms with E-state index in [0.29, 0.717) is 26.1 Å². The van der Waals surface area contributed by atoms with Crippen molar-refractivity contribution in [1.82, 2.24) is 0 Å². The Labute approximate surface area is 103 Å². The fourth-order valence-electron chi connectivity index (χ4n) is 1.84. The van der Waals surface area contributed by atoms with E-state index in [0.717, 1.165) is 0 Å². The number of hydrogen-bond donors (Lipinski definition) is 0. The van der Waals surface area contributed by atoms with Gasteiger partial charge in [0.1, 0.15) is 5.79 Å². The van der Waals surface area contributed by atoms with Gasteiger partial charge in [0.15, 0.2) is 0 Å². The first-order chi connectivity index (χ1) is 5.72. The first-order valence-electron chi connectivity index (χ1n) is 4.37. The number of ketones is 1. The van der Waals surface area contributed by atoms with Gasteiger partial charge in [-0.2, -0.15) is 0 Å². The van der Waals surface area contributed by atoms with E-state index < -0.39 is 5.79 Å². The van der Waals surface area contributed by atoms with E-state index >= 15 is 0 Å². The molecular formula is C9H13O3Y+2. The van der Waals surface area contributed by atoms with Gasteiger partial charge in [-0.25, -0.2) is 0 Å². The van der Waals surface area contributed by atoms with E-state index in [2.05, 4.69) is 0 Å². The van der Waals surface area contributed by atoms with Crippen molar-refractivity contribution < 1.29 is 47.0 Å². The van der Waals surface area contributed by atoms with Crippen LogP contribution in [0.4, 0.5) is 0 Å². The van der Waals surface area contributed by atoms with Gasteiger partial charge in [-0.1, -0.05) is 6.92 Å². The minimum Gasteiger partial charge on any atom is -0.350 e. The summed E-state index contributed by atoms with van der Waals surface area (Å²) in [6, 6.07) is 0. The summed E-state index contributed by atoms with van der Waals surface area (Å²) in [7, 11) is 0. The van der Waals surface area contributed by atoms with Crippen LogP contribution in [0.3, 0.4) is 0 Å². The average Bonchev–Trinajstić information content (AvgIpc) is 2.47. The van der Waals surface area contributed by atoms with E-state index in [4.69, 9.17) is 9.47 Å². The van der Waals surface area contributed by atoms with Crippen LogP contribution >= 0.6 is 0 Å². The first-order valence-corrected chi connectivity index (χ1v) is 4.37. The van der Waals surface area contributed by atoms with Gasteiger partial charge >= 0.3 is 32.7 Å². The normalized spacial score (nSPS) is 31.2. The second-order valence-corrected chi connectivity index (χ2v) is 3.52. The number of hydrogen-bond acceptors (Lipinski definition) is 3. The van der Waals surface area contributed by atoms with E-state index in [1.165, 1.54) is 0 Å². The van der Waals surface area contributed by atoms with Gasteiger partial charge in [-0.3, -0.25) is 0 Å². The third-order valence-electron chi connectivity index (χ3n) is 2.53. The Morgan fingerprint density at radius 2 is 2.08 bits per heavy atom. The monoisotopic (exact) mass is 258 g/mol. The van der Waals surface area contributed by atoms with Crippen LogP contribution < -0.4 is 0 Å². The summed E-state index contributed by atoms with van der Waals surface area (Å²) >= 11 is 0. The Hall–Kier alpha value is 0.564. The molecule has 1 atom stereocenters. The minimum atomic E-state index is -0.451. The van der Waals surface area contributed by atoms with Gasteiger partial charge in [0.2, 0.25) is 0 Å². The first kappa shape index (κ1) is 11.6. The van der Waals surface area contributed by atoms with Crippen LogP contribution in [0, 0.1) is 12.3 Å². The summed E-state index contributed by atoms with van der Waals surface area (Å²) in [5, 5.41) is 0. The van der Waals surface area contributed by atoms with Crippen LogP contribution in [-0.2, 0) is 47.0 Å². The van der Waals surface area contributed by atoms with Gasteiger partial charge in [0.25, 0.3) is 0 Å². The molecule has 0 radical (unpaired) electrons. The zero-order chi connectivity index (χ0) is 8.60. The van der Waals surface area contributed by atoms with Gasteiger partial charge in [0.05, 0.1) is 13.2 Å². The summed E-state index contributed by atoms with van der Waals surface area (Å²) in [4.78, 5) is 11.2. The second-order valence-electron chi connectivity index (χ2n) is 3.52. The van der Waals surface area contributed by atoms with Gasteiger partial charge in [0, 0.05) is 12.2 Å². The summed E-state index contributed by atoms with van der Waals surface area (Å²) in [5.74, 6) is -0.176. The third kappa shape index (κ3) is 2.32. The molecule has 3 nitrogen and oxygen atoms in total. The molecule has 0 amide bonds. The Kier molecular flexibility index (Phi) is 3.93. The molecule has 1 saturated heterocycles. The molecule has 0 aromatic heterocycles. The number of ether oxygens (including phenoxy) is 2.